The van der Waals surface area contributed by atoms with Gasteiger partial charge in [-0.05, 0) is 55.8 Å². The summed E-state index contributed by atoms with van der Waals surface area (Å²) in [6, 6.07) is 0. The highest BCUT2D eigenvalue weighted by molar-refractivity contribution is 7.33. The molecule has 0 fully saturated rings. The van der Waals surface area contributed by atoms with Crippen molar-refractivity contribution in [2.45, 2.75) is 168 Å². The van der Waals surface area contributed by atoms with Crippen LogP contribution in [0.2, 0.25) is 0 Å². The van der Waals surface area contributed by atoms with Crippen LogP contribution >= 0.6 is 24.8 Å². The summed E-state index contributed by atoms with van der Waals surface area (Å²) in [4.78, 5) is 21.0. The fourth-order valence-corrected chi connectivity index (χ4v) is 8.72. The summed E-state index contributed by atoms with van der Waals surface area (Å²) in [7, 11) is -10.1. The van der Waals surface area contributed by atoms with Crippen LogP contribution in [0.25, 0.3) is 0 Å². The van der Waals surface area contributed by atoms with Crippen molar-refractivity contribution in [1.82, 2.24) is 5.32 Å². The maximum atomic E-state index is 13.2. The molecule has 1 amide bonds. The number of aliphatic hydroxyl groups is 2. The standard InChI is InChI=1S/C38H77F3NO14P3/c1-6-11-17-36(18-12-7-2,19-13-8-3)30-50-26-33(54-57(46)47)28-52-59(49)56-34(29-53-58(48)55-32(24-43)25-44)27-51-31-37(20-14-9-4,21-15-10-5)22-16-23-42-35(45)38(39,40)41/h32-34,43-44,57-59H,6-31H2,1-5H3,(H,42,45)(H,46,47). The SMILES string of the molecule is CCCCC(CCCC)(CCCC)COCC(CO[PH](=O)OC(COCC(CCCC)(CCCC)CCCNC(=O)C(F)(F)F)CO[PH](=O)OC(CO)CO)O[PH](=O)O. The van der Waals surface area contributed by atoms with Crippen LogP contribution in [0.4, 0.5) is 13.2 Å². The molecule has 5 atom stereocenters. The van der Waals surface area contributed by atoms with E-state index in [1.165, 1.54) is 0 Å². The van der Waals surface area contributed by atoms with Gasteiger partial charge in [0.1, 0.15) is 18.3 Å². The second-order valence-electron chi connectivity index (χ2n) is 15.4. The van der Waals surface area contributed by atoms with Crippen LogP contribution in [-0.2, 0) is 50.6 Å². The molecule has 5 unspecified atom stereocenters. The van der Waals surface area contributed by atoms with Gasteiger partial charge in [0.25, 0.3) is 0 Å². The largest absolute Gasteiger partial charge is 0.471 e. The van der Waals surface area contributed by atoms with Gasteiger partial charge >= 0.3 is 36.8 Å². The number of carbonyl (C=O) groups is 1. The van der Waals surface area contributed by atoms with Crippen LogP contribution in [-0.4, -0.2) is 105 Å². The third-order valence-electron chi connectivity index (χ3n) is 10.1. The van der Waals surface area contributed by atoms with Gasteiger partial charge < -0.3 is 52.5 Å². The number of rotatable bonds is 41. The Balaban J connectivity index is 5.92. The van der Waals surface area contributed by atoms with E-state index in [4.69, 9.17) is 32.1 Å². The van der Waals surface area contributed by atoms with Crippen LogP contribution in [0.3, 0.4) is 0 Å². The Kier molecular flexibility index (Phi) is 34.7. The van der Waals surface area contributed by atoms with Crippen molar-refractivity contribution in [2.75, 3.05) is 59.4 Å². The van der Waals surface area contributed by atoms with Gasteiger partial charge in [-0.25, -0.2) is 0 Å². The third kappa shape index (κ3) is 28.8. The minimum absolute atomic E-state index is 0.0463. The van der Waals surface area contributed by atoms with Gasteiger partial charge in [-0.3, -0.25) is 18.5 Å². The van der Waals surface area contributed by atoms with Gasteiger partial charge in [0.15, 0.2) is 0 Å². The summed E-state index contributed by atoms with van der Waals surface area (Å²) in [5.41, 5.74) is -0.517. The molecule has 0 aromatic heterocycles. The summed E-state index contributed by atoms with van der Waals surface area (Å²) in [5, 5.41) is 20.5. The van der Waals surface area contributed by atoms with E-state index in [9.17, 15) is 46.8 Å². The van der Waals surface area contributed by atoms with E-state index in [0.717, 1.165) is 83.5 Å². The zero-order valence-corrected chi connectivity index (χ0v) is 39.1. The van der Waals surface area contributed by atoms with E-state index in [-0.39, 0.29) is 38.2 Å². The summed E-state index contributed by atoms with van der Waals surface area (Å²) >= 11 is 0. The lowest BCUT2D eigenvalue weighted by atomic mass is 9.75. The fourth-order valence-electron chi connectivity index (χ4n) is 6.69. The number of carbonyl (C=O) groups excluding carboxylic acids is 1. The molecule has 0 saturated heterocycles. The highest BCUT2D eigenvalue weighted by Crippen LogP contribution is 2.39. The van der Waals surface area contributed by atoms with Gasteiger partial charge in [-0.2, -0.15) is 13.2 Å². The van der Waals surface area contributed by atoms with Gasteiger partial charge in [0, 0.05) is 6.54 Å². The Labute approximate surface area is 352 Å². The molecule has 354 valence electrons. The molecular weight excluding hydrogens is 844 g/mol. The Morgan fingerprint density at radius 2 is 0.932 bits per heavy atom. The van der Waals surface area contributed by atoms with Gasteiger partial charge in [0.05, 0.1) is 52.9 Å². The molecule has 0 saturated carbocycles. The van der Waals surface area contributed by atoms with Crippen molar-refractivity contribution in [1.29, 1.82) is 0 Å². The molecule has 0 aromatic carbocycles. The maximum absolute atomic E-state index is 13.2. The van der Waals surface area contributed by atoms with Crippen LogP contribution in [0.15, 0.2) is 0 Å². The van der Waals surface area contributed by atoms with Crippen molar-refractivity contribution < 1.29 is 78.9 Å². The molecule has 0 aromatic rings. The summed E-state index contributed by atoms with van der Waals surface area (Å²) in [6.45, 7) is 8.38. The van der Waals surface area contributed by atoms with Gasteiger partial charge in [-0.1, -0.05) is 98.8 Å². The highest BCUT2D eigenvalue weighted by atomic mass is 31.1. The summed E-state index contributed by atoms with van der Waals surface area (Å²) in [5.74, 6) is -2.00. The van der Waals surface area contributed by atoms with Gasteiger partial charge in [-0.15, -0.1) is 0 Å². The van der Waals surface area contributed by atoms with E-state index in [1.54, 1.807) is 0 Å². The number of hydrogen-bond donors (Lipinski definition) is 4. The highest BCUT2D eigenvalue weighted by Gasteiger charge is 2.38. The second-order valence-corrected chi connectivity index (χ2v) is 18.2. The molecule has 0 bridgehead atoms. The molecule has 0 aliphatic heterocycles. The molecule has 21 heteroatoms. The molecule has 0 rings (SSSR count). The van der Waals surface area contributed by atoms with Crippen molar-refractivity contribution in [3.63, 3.8) is 0 Å². The molecule has 0 aliphatic rings. The zero-order valence-electron chi connectivity index (χ0n) is 36.1. The van der Waals surface area contributed by atoms with Crippen LogP contribution < -0.4 is 5.32 Å². The van der Waals surface area contributed by atoms with E-state index < -0.39 is 87.0 Å². The lowest BCUT2D eigenvalue weighted by Gasteiger charge is -2.35. The van der Waals surface area contributed by atoms with Crippen LogP contribution in [0.1, 0.15) is 144 Å². The molecule has 0 radical (unpaired) electrons. The number of halogens is 3. The van der Waals surface area contributed by atoms with E-state index in [1.807, 2.05) is 19.2 Å². The molecule has 15 nitrogen and oxygen atoms in total. The normalized spacial score (nSPS) is 15.3. The predicted molar refractivity (Wildman–Crippen MR) is 222 cm³/mol. The topological polar surface area (TPSA) is 206 Å². The number of amides is 1. The predicted octanol–water partition coefficient (Wildman–Crippen LogP) is 8.74. The monoisotopic (exact) mass is 921 g/mol. The van der Waals surface area contributed by atoms with Crippen molar-refractivity contribution in [3.8, 4) is 0 Å². The lowest BCUT2D eigenvalue weighted by molar-refractivity contribution is -0.173. The number of ether oxygens (including phenoxy) is 2. The van der Waals surface area contributed by atoms with Crippen LogP contribution in [0.5, 0.6) is 0 Å². The average Bonchev–Trinajstić information content (AvgIpc) is 3.20. The molecular formula is C38H77F3NO14P3. The lowest BCUT2D eigenvalue weighted by Crippen LogP contribution is -2.38. The number of nitrogens with one attached hydrogen (secondary N) is 1. The van der Waals surface area contributed by atoms with Crippen molar-refractivity contribution in [2.24, 2.45) is 10.8 Å². The molecule has 4 N–H and O–H groups in total. The second kappa shape index (κ2) is 35.0. The van der Waals surface area contributed by atoms with E-state index >= 15 is 0 Å². The zero-order chi connectivity index (χ0) is 44.6. The van der Waals surface area contributed by atoms with Gasteiger partial charge in [0.2, 0.25) is 0 Å². The Hall–Kier alpha value is -0.450. The minimum Gasteiger partial charge on any atom is -0.394 e. The average molecular weight is 922 g/mol. The minimum atomic E-state index is -4.98. The quantitative estimate of drug-likeness (QED) is 0.0334. The first-order valence-electron chi connectivity index (χ1n) is 21.4. The van der Waals surface area contributed by atoms with Crippen molar-refractivity contribution >= 4 is 30.7 Å². The third-order valence-corrected chi connectivity index (χ3v) is 12.5. The Bertz CT molecular complexity index is 1110. The first-order valence-corrected chi connectivity index (χ1v) is 25.1. The maximum Gasteiger partial charge on any atom is 0.471 e. The molecule has 0 spiro atoms. The number of unbranched alkanes of at least 4 members (excludes halogenated alkanes) is 5. The van der Waals surface area contributed by atoms with Crippen molar-refractivity contribution in [3.05, 3.63) is 0 Å². The fraction of sp³-hybridized carbons (Fsp3) is 0.974. The molecule has 59 heavy (non-hydrogen) atoms. The first kappa shape index (κ1) is 58.6. The first-order chi connectivity index (χ1) is 28.1. The molecule has 0 aliphatic carbocycles. The summed E-state index contributed by atoms with van der Waals surface area (Å²) in [6.07, 6.45) is 6.35. The number of hydrogen-bond acceptors (Lipinski definition) is 13. The smallest absolute Gasteiger partial charge is 0.394 e. The Morgan fingerprint density at radius 1 is 0.576 bits per heavy atom. The number of alkyl halides is 3. The Morgan fingerprint density at radius 3 is 1.27 bits per heavy atom. The molecule has 0 heterocycles. The van der Waals surface area contributed by atoms with E-state index in [0.29, 0.717) is 25.9 Å². The number of aliphatic hydroxyl groups excluding tert-OH is 2. The van der Waals surface area contributed by atoms with E-state index in [2.05, 4.69) is 20.8 Å². The van der Waals surface area contributed by atoms with Crippen LogP contribution in [0, 0.1) is 10.8 Å². The summed E-state index contributed by atoms with van der Waals surface area (Å²) < 4.78 is 115.